The van der Waals surface area contributed by atoms with Crippen LogP contribution in [0.2, 0.25) is 0 Å². The second-order valence-electron chi connectivity index (χ2n) is 5.82. The zero-order valence-corrected chi connectivity index (χ0v) is 12.0. The van der Waals surface area contributed by atoms with Crippen LogP contribution in [0.4, 0.5) is 4.39 Å². The molecule has 0 aromatic heterocycles. The maximum absolute atomic E-state index is 13.1. The van der Waals surface area contributed by atoms with Gasteiger partial charge in [0.1, 0.15) is 5.82 Å². The van der Waals surface area contributed by atoms with E-state index in [0.717, 1.165) is 32.6 Å². The highest BCUT2D eigenvalue weighted by Gasteiger charge is 2.22. The third-order valence-corrected chi connectivity index (χ3v) is 3.86. The summed E-state index contributed by atoms with van der Waals surface area (Å²) >= 11 is 0. The number of benzene rings is 1. The molecule has 0 radical (unpaired) electrons. The van der Waals surface area contributed by atoms with E-state index in [-0.39, 0.29) is 5.82 Å². The van der Waals surface area contributed by atoms with Crippen LogP contribution in [0.15, 0.2) is 24.3 Å². The molecule has 0 aliphatic carbocycles. The van der Waals surface area contributed by atoms with Gasteiger partial charge in [0.15, 0.2) is 0 Å². The van der Waals surface area contributed by atoms with Gasteiger partial charge in [-0.25, -0.2) is 4.39 Å². The molecule has 1 saturated heterocycles. The molecule has 1 fully saturated rings. The van der Waals surface area contributed by atoms with Gasteiger partial charge in [0.05, 0.1) is 0 Å². The van der Waals surface area contributed by atoms with E-state index in [2.05, 4.69) is 24.1 Å². The molecule has 0 amide bonds. The predicted octanol–water partition coefficient (Wildman–Crippen LogP) is 3.21. The zero-order valence-electron chi connectivity index (χ0n) is 12.0. The Balaban J connectivity index is 2.10. The maximum Gasteiger partial charge on any atom is 0.123 e. The van der Waals surface area contributed by atoms with Crippen molar-refractivity contribution in [3.8, 4) is 0 Å². The summed E-state index contributed by atoms with van der Waals surface area (Å²) in [5.74, 6) is 0.567. The molecule has 19 heavy (non-hydrogen) atoms. The average molecular weight is 264 g/mol. The lowest BCUT2D eigenvalue weighted by Gasteiger charge is -2.35. The predicted molar refractivity (Wildman–Crippen MR) is 77.7 cm³/mol. The summed E-state index contributed by atoms with van der Waals surface area (Å²) in [5, 5.41) is 3.39. The van der Waals surface area contributed by atoms with Gasteiger partial charge in [-0.1, -0.05) is 26.0 Å². The fraction of sp³-hybridized carbons (Fsp3) is 0.625. The number of nitrogens with zero attached hydrogens (tertiary/aromatic N) is 1. The molecule has 1 N–H and O–H groups in total. The van der Waals surface area contributed by atoms with Gasteiger partial charge < -0.3 is 5.32 Å². The smallest absolute Gasteiger partial charge is 0.123 e. The lowest BCUT2D eigenvalue weighted by molar-refractivity contribution is 0.159. The van der Waals surface area contributed by atoms with Crippen molar-refractivity contribution in [2.45, 2.75) is 32.7 Å². The first-order valence-corrected chi connectivity index (χ1v) is 7.37. The van der Waals surface area contributed by atoms with Crippen molar-refractivity contribution in [1.29, 1.82) is 0 Å². The topological polar surface area (TPSA) is 15.3 Å². The molecular formula is C16H25FN2. The highest BCUT2D eigenvalue weighted by Crippen LogP contribution is 2.27. The average Bonchev–Trinajstić information content (AvgIpc) is 2.42. The highest BCUT2D eigenvalue weighted by molar-refractivity contribution is 5.20. The first kappa shape index (κ1) is 14.5. The second kappa shape index (κ2) is 7.01. The monoisotopic (exact) mass is 264 g/mol. The Bertz CT molecular complexity index is 369. The van der Waals surface area contributed by atoms with Gasteiger partial charge in [0.2, 0.25) is 0 Å². The van der Waals surface area contributed by atoms with Crippen LogP contribution < -0.4 is 5.32 Å². The van der Waals surface area contributed by atoms with Crippen LogP contribution in [0, 0.1) is 11.7 Å². The van der Waals surface area contributed by atoms with Crippen molar-refractivity contribution in [3.05, 3.63) is 35.6 Å². The van der Waals surface area contributed by atoms with Crippen molar-refractivity contribution in [2.75, 3.05) is 26.2 Å². The SMILES string of the molecule is CC(C)CC[C@@H](c1ccc(F)cc1)N1CCNCC1. The molecule has 2 rings (SSSR count). The third-order valence-electron chi connectivity index (χ3n) is 3.86. The van der Waals surface area contributed by atoms with Crippen LogP contribution in [0.3, 0.4) is 0 Å². The molecule has 0 bridgehead atoms. The molecular weight excluding hydrogens is 239 g/mol. The quantitative estimate of drug-likeness (QED) is 0.878. The zero-order chi connectivity index (χ0) is 13.7. The molecule has 0 spiro atoms. The Morgan fingerprint density at radius 3 is 2.32 bits per heavy atom. The minimum Gasteiger partial charge on any atom is -0.314 e. The lowest BCUT2D eigenvalue weighted by atomic mass is 9.96. The number of nitrogens with one attached hydrogen (secondary N) is 1. The van der Waals surface area contributed by atoms with Crippen molar-refractivity contribution < 1.29 is 4.39 Å². The molecule has 1 aliphatic heterocycles. The van der Waals surface area contributed by atoms with Crippen molar-refractivity contribution >= 4 is 0 Å². The summed E-state index contributed by atoms with van der Waals surface area (Å²) in [4.78, 5) is 2.53. The third kappa shape index (κ3) is 4.29. The number of rotatable bonds is 5. The van der Waals surface area contributed by atoms with Crippen LogP contribution in [0.5, 0.6) is 0 Å². The van der Waals surface area contributed by atoms with Gasteiger partial charge in [0, 0.05) is 32.2 Å². The van der Waals surface area contributed by atoms with E-state index < -0.39 is 0 Å². The van der Waals surface area contributed by atoms with Gasteiger partial charge in [-0.2, -0.15) is 0 Å². The number of hydrogen-bond donors (Lipinski definition) is 1. The summed E-state index contributed by atoms with van der Waals surface area (Å²) in [6.45, 7) is 8.80. The fourth-order valence-corrected chi connectivity index (χ4v) is 2.73. The maximum atomic E-state index is 13.1. The summed E-state index contributed by atoms with van der Waals surface area (Å²) in [7, 11) is 0. The molecule has 3 heteroatoms. The van der Waals surface area contributed by atoms with Crippen LogP contribution in [-0.4, -0.2) is 31.1 Å². The molecule has 106 valence electrons. The first-order valence-electron chi connectivity index (χ1n) is 7.37. The van der Waals surface area contributed by atoms with E-state index in [9.17, 15) is 4.39 Å². The molecule has 0 unspecified atom stereocenters. The molecule has 2 nitrogen and oxygen atoms in total. The van der Waals surface area contributed by atoms with Crippen LogP contribution in [0.25, 0.3) is 0 Å². The second-order valence-corrected chi connectivity index (χ2v) is 5.82. The first-order chi connectivity index (χ1) is 9.16. The normalized spacial score (nSPS) is 18.7. The molecule has 0 saturated carbocycles. The van der Waals surface area contributed by atoms with Crippen molar-refractivity contribution in [3.63, 3.8) is 0 Å². The van der Waals surface area contributed by atoms with Gasteiger partial charge in [0.25, 0.3) is 0 Å². The molecule has 1 atom stereocenters. The van der Waals surface area contributed by atoms with Gasteiger partial charge in [-0.15, -0.1) is 0 Å². The molecule has 1 aliphatic rings. The Hall–Kier alpha value is -0.930. The van der Waals surface area contributed by atoms with Gasteiger partial charge >= 0.3 is 0 Å². The number of piperazine rings is 1. The van der Waals surface area contributed by atoms with E-state index in [4.69, 9.17) is 0 Å². The number of hydrogen-bond acceptors (Lipinski definition) is 2. The summed E-state index contributed by atoms with van der Waals surface area (Å²) < 4.78 is 13.1. The summed E-state index contributed by atoms with van der Waals surface area (Å²) in [5.41, 5.74) is 1.25. The molecule has 1 heterocycles. The summed E-state index contributed by atoms with van der Waals surface area (Å²) in [6.07, 6.45) is 2.37. The van der Waals surface area contributed by atoms with Gasteiger partial charge in [-0.3, -0.25) is 4.90 Å². The largest absolute Gasteiger partial charge is 0.314 e. The van der Waals surface area contributed by atoms with E-state index in [1.165, 1.54) is 12.0 Å². The van der Waals surface area contributed by atoms with E-state index >= 15 is 0 Å². The van der Waals surface area contributed by atoms with Crippen molar-refractivity contribution in [2.24, 2.45) is 5.92 Å². The fourth-order valence-electron chi connectivity index (χ4n) is 2.73. The van der Waals surface area contributed by atoms with E-state index in [0.29, 0.717) is 12.0 Å². The lowest BCUT2D eigenvalue weighted by Crippen LogP contribution is -2.45. The van der Waals surface area contributed by atoms with E-state index in [1.54, 1.807) is 12.1 Å². The van der Waals surface area contributed by atoms with E-state index in [1.807, 2.05) is 12.1 Å². The minimum absolute atomic E-state index is 0.147. The molecule has 1 aromatic rings. The Kier molecular flexibility index (Phi) is 5.34. The minimum atomic E-state index is -0.147. The number of halogens is 1. The molecule has 1 aromatic carbocycles. The summed E-state index contributed by atoms with van der Waals surface area (Å²) in [6, 6.07) is 7.50. The van der Waals surface area contributed by atoms with Crippen molar-refractivity contribution in [1.82, 2.24) is 10.2 Å². The Morgan fingerprint density at radius 1 is 1.11 bits per heavy atom. The van der Waals surface area contributed by atoms with Gasteiger partial charge in [-0.05, 0) is 36.5 Å². The highest BCUT2D eigenvalue weighted by atomic mass is 19.1. The van der Waals surface area contributed by atoms with Crippen LogP contribution in [-0.2, 0) is 0 Å². The Morgan fingerprint density at radius 2 is 1.74 bits per heavy atom. The van der Waals surface area contributed by atoms with Crippen LogP contribution >= 0.6 is 0 Å². The van der Waals surface area contributed by atoms with Crippen LogP contribution in [0.1, 0.15) is 38.3 Å². The Labute approximate surface area is 116 Å². The standard InChI is InChI=1S/C16H25FN2/c1-13(2)3-8-16(19-11-9-18-10-12-19)14-4-6-15(17)7-5-14/h4-7,13,16,18H,3,8-12H2,1-2H3/t16-/m0/s1.